The van der Waals surface area contributed by atoms with Crippen LogP contribution in [0.1, 0.15) is 69.3 Å². The molecule has 1 N–H and O–H groups in total. The van der Waals surface area contributed by atoms with Gasteiger partial charge in [0.25, 0.3) is 0 Å². The van der Waals surface area contributed by atoms with Gasteiger partial charge < -0.3 is 19.5 Å². The molecule has 7 nitrogen and oxygen atoms in total. The zero-order chi connectivity index (χ0) is 24.5. The summed E-state index contributed by atoms with van der Waals surface area (Å²) >= 11 is 0. The third-order valence-electron chi connectivity index (χ3n) is 7.79. The Morgan fingerprint density at radius 3 is 2.71 bits per heavy atom. The van der Waals surface area contributed by atoms with E-state index in [0.29, 0.717) is 17.9 Å². The maximum atomic E-state index is 11.8. The minimum Gasteiger partial charge on any atom is -0.494 e. The van der Waals surface area contributed by atoms with Crippen LogP contribution < -0.4 is 20.3 Å². The smallest absolute Gasteiger partial charge is 0.324 e. The molecule has 2 aromatic rings. The number of ether oxygens (including phenoxy) is 1. The predicted octanol–water partition coefficient (Wildman–Crippen LogP) is 4.00. The summed E-state index contributed by atoms with van der Waals surface area (Å²) in [4.78, 5) is 18.6. The zero-order valence-electron chi connectivity index (χ0n) is 21.2. The van der Waals surface area contributed by atoms with Crippen molar-refractivity contribution in [1.29, 1.82) is 0 Å². The van der Waals surface area contributed by atoms with E-state index in [1.165, 1.54) is 19.3 Å². The SMILES string of the molecule is CNC(=O)Cc1c(C)cc(OCC[C@]2(C)C[C@@H]2C2CCN(c3nc(C(C)C)no3)CC2)cc1P. The molecule has 1 amide bonds. The number of hydrogen-bond acceptors (Lipinski definition) is 6. The zero-order valence-corrected chi connectivity index (χ0v) is 22.3. The molecule has 1 aliphatic heterocycles. The number of likely N-dealkylation sites (N-methyl/N-ethyl adjacent to an activating group) is 1. The van der Waals surface area contributed by atoms with Crippen LogP contribution >= 0.6 is 9.24 Å². The molecule has 0 radical (unpaired) electrons. The van der Waals surface area contributed by atoms with Gasteiger partial charge in [0, 0.05) is 26.1 Å². The van der Waals surface area contributed by atoms with Crippen LogP contribution in [0.15, 0.2) is 16.7 Å². The number of amides is 1. The van der Waals surface area contributed by atoms with Gasteiger partial charge in [0.1, 0.15) is 5.75 Å². The van der Waals surface area contributed by atoms with Gasteiger partial charge in [-0.3, -0.25) is 4.79 Å². The summed E-state index contributed by atoms with van der Waals surface area (Å²) in [6.07, 6.45) is 5.12. The lowest BCUT2D eigenvalue weighted by Crippen LogP contribution is -2.35. The van der Waals surface area contributed by atoms with Crippen molar-refractivity contribution in [3.63, 3.8) is 0 Å². The van der Waals surface area contributed by atoms with Gasteiger partial charge in [-0.2, -0.15) is 4.98 Å². The number of carbonyl (C=O) groups excluding carboxylic acids is 1. The molecule has 3 atom stereocenters. The molecule has 1 unspecified atom stereocenters. The molecule has 1 aliphatic carbocycles. The molecule has 0 bridgehead atoms. The largest absolute Gasteiger partial charge is 0.494 e. The monoisotopic (exact) mass is 486 g/mol. The molecular weight excluding hydrogens is 447 g/mol. The van der Waals surface area contributed by atoms with Crippen molar-refractivity contribution in [3.05, 3.63) is 29.1 Å². The first kappa shape index (κ1) is 25.0. The Morgan fingerprint density at radius 2 is 2.09 bits per heavy atom. The van der Waals surface area contributed by atoms with Crippen LogP contribution in [-0.4, -0.2) is 42.8 Å². The second-order valence-electron chi connectivity index (χ2n) is 10.6. The van der Waals surface area contributed by atoms with Gasteiger partial charge >= 0.3 is 6.01 Å². The molecule has 34 heavy (non-hydrogen) atoms. The van der Waals surface area contributed by atoms with E-state index in [-0.39, 0.29) is 11.8 Å². The quantitative estimate of drug-likeness (QED) is 0.540. The van der Waals surface area contributed by atoms with Gasteiger partial charge in [-0.25, -0.2) is 0 Å². The minimum atomic E-state index is 0.0244. The second-order valence-corrected chi connectivity index (χ2v) is 11.3. The summed E-state index contributed by atoms with van der Waals surface area (Å²) in [5.74, 6) is 3.53. The number of carbonyl (C=O) groups is 1. The van der Waals surface area contributed by atoms with Crippen LogP contribution in [0, 0.1) is 24.2 Å². The summed E-state index contributed by atoms with van der Waals surface area (Å²) in [6.45, 7) is 11.3. The third-order valence-corrected chi connectivity index (χ3v) is 8.30. The Kier molecular flexibility index (Phi) is 7.51. The topological polar surface area (TPSA) is 80.5 Å². The van der Waals surface area contributed by atoms with E-state index in [4.69, 9.17) is 9.26 Å². The molecule has 1 aromatic carbocycles. The summed E-state index contributed by atoms with van der Waals surface area (Å²) in [6, 6.07) is 4.76. The molecule has 0 spiro atoms. The number of anilines is 1. The normalized spacial score (nSPS) is 22.8. The first-order valence-corrected chi connectivity index (χ1v) is 13.1. The predicted molar refractivity (Wildman–Crippen MR) is 138 cm³/mol. The van der Waals surface area contributed by atoms with E-state index in [9.17, 15) is 4.79 Å². The second kappa shape index (κ2) is 10.2. The molecule has 2 heterocycles. The van der Waals surface area contributed by atoms with E-state index in [2.05, 4.69) is 56.4 Å². The van der Waals surface area contributed by atoms with Gasteiger partial charge in [-0.05, 0) is 78.4 Å². The molecular formula is C26H39N4O3P. The number of nitrogens with one attached hydrogen (secondary N) is 1. The highest BCUT2D eigenvalue weighted by atomic mass is 31.0. The maximum Gasteiger partial charge on any atom is 0.324 e. The van der Waals surface area contributed by atoms with Crippen molar-refractivity contribution in [2.45, 2.75) is 65.7 Å². The van der Waals surface area contributed by atoms with Crippen molar-refractivity contribution in [2.24, 2.45) is 17.3 Å². The maximum absolute atomic E-state index is 11.8. The lowest BCUT2D eigenvalue weighted by atomic mass is 9.87. The number of piperidine rings is 1. The molecule has 2 aliphatic rings. The first-order chi connectivity index (χ1) is 16.2. The molecule has 1 saturated heterocycles. The van der Waals surface area contributed by atoms with Crippen LogP contribution in [0.5, 0.6) is 5.75 Å². The first-order valence-electron chi connectivity index (χ1n) is 12.5. The van der Waals surface area contributed by atoms with Crippen LogP contribution in [0.25, 0.3) is 0 Å². The average Bonchev–Trinajstić information content (AvgIpc) is 3.23. The minimum absolute atomic E-state index is 0.0244. The molecule has 1 saturated carbocycles. The fourth-order valence-corrected chi connectivity index (χ4v) is 5.83. The standard InChI is InChI=1S/C26H39N4O3P/c1-16(2)24-28-25(33-29-24)30-9-6-18(7-10-30)21-15-26(21,4)8-11-32-19-12-17(3)20(22(34)13-19)14-23(31)27-5/h12-13,16,18,21H,6-11,14-15,34H2,1-5H3,(H,27,31)/t21-,26-/m1/s1. The number of rotatable bonds is 9. The van der Waals surface area contributed by atoms with E-state index in [1.807, 2.05) is 13.0 Å². The van der Waals surface area contributed by atoms with Crippen molar-refractivity contribution in [1.82, 2.24) is 15.5 Å². The number of nitrogens with zero attached hydrogens (tertiary/aromatic N) is 3. The molecule has 2 fully saturated rings. The molecule has 4 rings (SSSR count). The molecule has 8 heteroatoms. The summed E-state index contributed by atoms with van der Waals surface area (Å²) in [7, 11) is 4.42. The lowest BCUT2D eigenvalue weighted by molar-refractivity contribution is -0.119. The Labute approximate surface area is 205 Å². The third kappa shape index (κ3) is 5.56. The summed E-state index contributed by atoms with van der Waals surface area (Å²) in [5.41, 5.74) is 2.52. The summed E-state index contributed by atoms with van der Waals surface area (Å²) in [5, 5.41) is 7.83. The van der Waals surface area contributed by atoms with Crippen LogP contribution in [-0.2, 0) is 11.2 Å². The number of aryl methyl sites for hydroxylation is 1. The van der Waals surface area contributed by atoms with Crippen molar-refractivity contribution < 1.29 is 14.1 Å². The van der Waals surface area contributed by atoms with Gasteiger partial charge in [-0.1, -0.05) is 25.9 Å². The van der Waals surface area contributed by atoms with E-state index < -0.39 is 0 Å². The van der Waals surface area contributed by atoms with Crippen molar-refractivity contribution in [3.8, 4) is 5.75 Å². The van der Waals surface area contributed by atoms with E-state index in [1.54, 1.807) is 7.05 Å². The van der Waals surface area contributed by atoms with Crippen molar-refractivity contribution in [2.75, 3.05) is 31.6 Å². The number of benzene rings is 1. The van der Waals surface area contributed by atoms with Gasteiger partial charge in [0.2, 0.25) is 5.91 Å². The molecule has 1 aromatic heterocycles. The fraction of sp³-hybridized carbons (Fsp3) is 0.654. The number of hydrogen-bond donors (Lipinski definition) is 1. The Hall–Kier alpha value is -2.14. The van der Waals surface area contributed by atoms with Gasteiger partial charge in [0.05, 0.1) is 13.0 Å². The van der Waals surface area contributed by atoms with Crippen LogP contribution in [0.4, 0.5) is 6.01 Å². The van der Waals surface area contributed by atoms with Crippen LogP contribution in [0.2, 0.25) is 0 Å². The Morgan fingerprint density at radius 1 is 1.35 bits per heavy atom. The lowest BCUT2D eigenvalue weighted by Gasteiger charge is -2.31. The van der Waals surface area contributed by atoms with E-state index in [0.717, 1.165) is 66.0 Å². The molecule has 186 valence electrons. The number of aromatic nitrogens is 2. The van der Waals surface area contributed by atoms with Crippen LogP contribution in [0.3, 0.4) is 0 Å². The highest BCUT2D eigenvalue weighted by Gasteiger charge is 2.53. The average molecular weight is 487 g/mol. The highest BCUT2D eigenvalue weighted by molar-refractivity contribution is 7.27. The Bertz CT molecular complexity index is 992. The van der Waals surface area contributed by atoms with Gasteiger partial charge in [0.15, 0.2) is 5.82 Å². The summed E-state index contributed by atoms with van der Waals surface area (Å²) < 4.78 is 11.6. The Balaban J connectivity index is 1.24. The van der Waals surface area contributed by atoms with E-state index >= 15 is 0 Å². The highest BCUT2D eigenvalue weighted by Crippen LogP contribution is 2.60. The fourth-order valence-electron chi connectivity index (χ4n) is 5.34. The van der Waals surface area contributed by atoms with Gasteiger partial charge in [-0.15, -0.1) is 9.24 Å². The van der Waals surface area contributed by atoms with Crippen molar-refractivity contribution >= 4 is 26.5 Å².